The maximum atomic E-state index is 11.0. The molecule has 13 heavy (non-hydrogen) atoms. The molecule has 1 N–H and O–H groups in total. The largest absolute Gasteiger partial charge is 0.294 e. The van der Waals surface area contributed by atoms with Crippen molar-refractivity contribution in [3.05, 3.63) is 0 Å². The number of amides is 2. The smallest absolute Gasteiger partial charge is 0.240 e. The molecule has 1 aliphatic heterocycles. The predicted octanol–water partition coefficient (Wildman–Crippen LogP) is -0.0107. The van der Waals surface area contributed by atoms with Crippen molar-refractivity contribution in [2.75, 3.05) is 13.1 Å². The number of rotatable bonds is 2. The molecule has 4 nitrogen and oxygen atoms in total. The minimum Gasteiger partial charge on any atom is -0.294 e. The molecule has 0 spiro atoms. The summed E-state index contributed by atoms with van der Waals surface area (Å²) in [7, 11) is 0. The van der Waals surface area contributed by atoms with E-state index in [1.807, 2.05) is 11.8 Å². The lowest BCUT2D eigenvalue weighted by molar-refractivity contribution is -0.137. The van der Waals surface area contributed by atoms with Crippen LogP contribution in [0.3, 0.4) is 0 Å². The van der Waals surface area contributed by atoms with E-state index in [-0.39, 0.29) is 17.9 Å². The van der Waals surface area contributed by atoms with Crippen LogP contribution in [0.5, 0.6) is 0 Å². The summed E-state index contributed by atoms with van der Waals surface area (Å²) >= 11 is 0. The van der Waals surface area contributed by atoms with Crippen LogP contribution in [0, 0.1) is 5.92 Å². The fourth-order valence-electron chi connectivity index (χ4n) is 1.37. The molecule has 0 bridgehead atoms. The molecule has 1 saturated heterocycles. The van der Waals surface area contributed by atoms with Crippen molar-refractivity contribution in [3.8, 4) is 0 Å². The van der Waals surface area contributed by atoms with Gasteiger partial charge in [0.05, 0.1) is 13.1 Å². The van der Waals surface area contributed by atoms with Gasteiger partial charge in [-0.2, -0.15) is 0 Å². The third kappa shape index (κ3) is 2.52. The Kier molecular flexibility index (Phi) is 3.03. The molecule has 4 heteroatoms. The maximum absolute atomic E-state index is 11.0. The van der Waals surface area contributed by atoms with Crippen molar-refractivity contribution in [3.63, 3.8) is 0 Å². The minimum absolute atomic E-state index is 0.191. The number of nitrogens with one attached hydrogen (secondary N) is 1. The first-order chi connectivity index (χ1) is 6.00. The quantitative estimate of drug-likeness (QED) is 0.614. The van der Waals surface area contributed by atoms with Gasteiger partial charge in [-0.25, -0.2) is 0 Å². The van der Waals surface area contributed by atoms with Gasteiger partial charge >= 0.3 is 0 Å². The SMILES string of the molecule is CC(C)C(C)N1CC(=O)NC(=O)C1. The Balaban J connectivity index is 2.59. The zero-order chi connectivity index (χ0) is 10.0. The lowest BCUT2D eigenvalue weighted by Gasteiger charge is -2.33. The zero-order valence-corrected chi connectivity index (χ0v) is 8.33. The van der Waals surface area contributed by atoms with Crippen LogP contribution in [0.4, 0.5) is 0 Å². The van der Waals surface area contributed by atoms with Crippen molar-refractivity contribution in [2.45, 2.75) is 26.8 Å². The Morgan fingerprint density at radius 1 is 1.15 bits per heavy atom. The Labute approximate surface area is 78.3 Å². The van der Waals surface area contributed by atoms with Crippen LogP contribution in [0.1, 0.15) is 20.8 Å². The van der Waals surface area contributed by atoms with Crippen molar-refractivity contribution >= 4 is 11.8 Å². The van der Waals surface area contributed by atoms with Crippen molar-refractivity contribution in [1.82, 2.24) is 10.2 Å². The van der Waals surface area contributed by atoms with E-state index in [9.17, 15) is 9.59 Å². The Morgan fingerprint density at radius 2 is 1.62 bits per heavy atom. The van der Waals surface area contributed by atoms with E-state index < -0.39 is 0 Å². The minimum atomic E-state index is -0.191. The van der Waals surface area contributed by atoms with E-state index in [1.54, 1.807) is 0 Å². The van der Waals surface area contributed by atoms with Crippen LogP contribution in [-0.2, 0) is 9.59 Å². The van der Waals surface area contributed by atoms with Gasteiger partial charge in [0.1, 0.15) is 0 Å². The van der Waals surface area contributed by atoms with Crippen molar-refractivity contribution < 1.29 is 9.59 Å². The number of hydrogen-bond acceptors (Lipinski definition) is 3. The van der Waals surface area contributed by atoms with Gasteiger partial charge in [-0.05, 0) is 12.8 Å². The second-order valence-electron chi connectivity index (χ2n) is 3.86. The van der Waals surface area contributed by atoms with Gasteiger partial charge in [-0.3, -0.25) is 19.8 Å². The highest BCUT2D eigenvalue weighted by molar-refractivity contribution is 5.99. The third-order valence-electron chi connectivity index (χ3n) is 2.51. The molecule has 74 valence electrons. The Hall–Kier alpha value is -0.900. The molecule has 0 radical (unpaired) electrons. The molecule has 1 fully saturated rings. The fourth-order valence-corrected chi connectivity index (χ4v) is 1.37. The average molecular weight is 184 g/mol. The molecule has 0 aromatic heterocycles. The van der Waals surface area contributed by atoms with Gasteiger partial charge in [0.25, 0.3) is 0 Å². The van der Waals surface area contributed by atoms with Crippen LogP contribution >= 0.6 is 0 Å². The lowest BCUT2D eigenvalue weighted by atomic mass is 10.0. The Morgan fingerprint density at radius 3 is 2.00 bits per heavy atom. The summed E-state index contributed by atoms with van der Waals surface area (Å²) in [4.78, 5) is 24.0. The summed E-state index contributed by atoms with van der Waals surface area (Å²) in [6.07, 6.45) is 0. The molecular formula is C9H16N2O2. The van der Waals surface area contributed by atoms with E-state index >= 15 is 0 Å². The molecule has 0 aromatic rings. The molecule has 1 rings (SSSR count). The Bertz CT molecular complexity index is 210. The van der Waals surface area contributed by atoms with Gasteiger partial charge in [0, 0.05) is 6.04 Å². The second-order valence-corrected chi connectivity index (χ2v) is 3.86. The molecule has 0 saturated carbocycles. The van der Waals surface area contributed by atoms with E-state index in [0.717, 1.165) is 0 Å². The topological polar surface area (TPSA) is 49.4 Å². The van der Waals surface area contributed by atoms with E-state index in [2.05, 4.69) is 19.2 Å². The molecule has 0 aliphatic carbocycles. The normalized spacial score (nSPS) is 21.8. The summed E-state index contributed by atoms with van der Waals surface area (Å²) < 4.78 is 0. The van der Waals surface area contributed by atoms with Gasteiger partial charge in [0.2, 0.25) is 11.8 Å². The van der Waals surface area contributed by atoms with E-state index in [4.69, 9.17) is 0 Å². The summed E-state index contributed by atoms with van der Waals surface area (Å²) in [5.41, 5.74) is 0. The molecule has 1 atom stereocenters. The number of hydrogen-bond donors (Lipinski definition) is 1. The fraction of sp³-hybridized carbons (Fsp3) is 0.778. The van der Waals surface area contributed by atoms with E-state index in [0.29, 0.717) is 19.0 Å². The zero-order valence-electron chi connectivity index (χ0n) is 8.33. The molecule has 2 amide bonds. The van der Waals surface area contributed by atoms with E-state index in [1.165, 1.54) is 0 Å². The highest BCUT2D eigenvalue weighted by Crippen LogP contribution is 2.10. The summed E-state index contributed by atoms with van der Waals surface area (Å²) in [6, 6.07) is 0.273. The molecule has 1 aliphatic rings. The number of piperazine rings is 1. The molecule has 0 aromatic carbocycles. The first kappa shape index (κ1) is 10.2. The summed E-state index contributed by atoms with van der Waals surface area (Å²) in [5.74, 6) is 0.0752. The van der Waals surface area contributed by atoms with Gasteiger partial charge in [0.15, 0.2) is 0 Å². The van der Waals surface area contributed by atoms with Gasteiger partial charge in [-0.15, -0.1) is 0 Å². The number of nitrogens with zero attached hydrogens (tertiary/aromatic N) is 1. The average Bonchev–Trinajstić information content (AvgIpc) is 2.01. The van der Waals surface area contributed by atoms with Crippen LogP contribution in [0.2, 0.25) is 0 Å². The monoisotopic (exact) mass is 184 g/mol. The number of carbonyl (C=O) groups excluding carboxylic acids is 2. The highest BCUT2D eigenvalue weighted by Gasteiger charge is 2.27. The van der Waals surface area contributed by atoms with Crippen molar-refractivity contribution in [1.29, 1.82) is 0 Å². The number of imide groups is 1. The van der Waals surface area contributed by atoms with Gasteiger partial charge in [-0.1, -0.05) is 13.8 Å². The van der Waals surface area contributed by atoms with Crippen LogP contribution in [0.15, 0.2) is 0 Å². The summed E-state index contributed by atoms with van der Waals surface area (Å²) in [5, 5.41) is 2.28. The van der Waals surface area contributed by atoms with Crippen molar-refractivity contribution in [2.24, 2.45) is 5.92 Å². The molecule has 1 heterocycles. The maximum Gasteiger partial charge on any atom is 0.240 e. The third-order valence-corrected chi connectivity index (χ3v) is 2.51. The number of carbonyl (C=O) groups is 2. The van der Waals surface area contributed by atoms with Gasteiger partial charge < -0.3 is 0 Å². The highest BCUT2D eigenvalue weighted by atomic mass is 16.2. The summed E-state index contributed by atoms with van der Waals surface area (Å²) in [6.45, 7) is 6.88. The lowest BCUT2D eigenvalue weighted by Crippen LogP contribution is -2.55. The second kappa shape index (κ2) is 3.87. The molecule has 1 unspecified atom stereocenters. The van der Waals surface area contributed by atoms with Crippen LogP contribution in [0.25, 0.3) is 0 Å². The standard InChI is InChI=1S/C9H16N2O2/c1-6(2)7(3)11-4-8(12)10-9(13)5-11/h6-7H,4-5H2,1-3H3,(H,10,12,13). The van der Waals surface area contributed by atoms with Crippen LogP contribution in [-0.4, -0.2) is 35.8 Å². The van der Waals surface area contributed by atoms with Crippen LogP contribution < -0.4 is 5.32 Å². The predicted molar refractivity (Wildman–Crippen MR) is 49.0 cm³/mol. The first-order valence-corrected chi connectivity index (χ1v) is 4.57. The first-order valence-electron chi connectivity index (χ1n) is 4.57. The molecular weight excluding hydrogens is 168 g/mol.